The van der Waals surface area contributed by atoms with E-state index >= 15 is 0 Å². The summed E-state index contributed by atoms with van der Waals surface area (Å²) in [4.78, 5) is 2.58. The summed E-state index contributed by atoms with van der Waals surface area (Å²) in [6, 6.07) is 1.69. The Kier molecular flexibility index (Phi) is 4.86. The van der Waals surface area contributed by atoms with Crippen LogP contribution in [0.3, 0.4) is 0 Å². The second-order valence-electron chi connectivity index (χ2n) is 6.20. The summed E-state index contributed by atoms with van der Waals surface area (Å²) in [6.07, 6.45) is 7.84. The Morgan fingerprint density at radius 1 is 1.16 bits per heavy atom. The summed E-state index contributed by atoms with van der Waals surface area (Å²) in [6.45, 7) is 11.3. The van der Waals surface area contributed by atoms with Crippen molar-refractivity contribution < 1.29 is 0 Å². The molecule has 0 radical (unpaired) electrons. The summed E-state index contributed by atoms with van der Waals surface area (Å²) in [5, 5.41) is 8.04. The van der Waals surface area contributed by atoms with Gasteiger partial charge in [-0.15, -0.1) is 0 Å². The van der Waals surface area contributed by atoms with Gasteiger partial charge in [0, 0.05) is 30.9 Å². The van der Waals surface area contributed by atoms with Crippen molar-refractivity contribution in [2.45, 2.75) is 65.1 Å². The van der Waals surface area contributed by atoms with Gasteiger partial charge in [0.05, 0.1) is 11.9 Å². The molecule has 1 aromatic heterocycles. The molecule has 0 aromatic carbocycles. The zero-order valence-electron chi connectivity index (χ0n) is 12.8. The Bertz CT molecular complexity index is 383. The van der Waals surface area contributed by atoms with E-state index in [0.717, 1.165) is 5.69 Å². The van der Waals surface area contributed by atoms with Crippen LogP contribution in [0, 0.1) is 0 Å². The van der Waals surface area contributed by atoms with Crippen molar-refractivity contribution in [3.8, 4) is 0 Å². The molecule has 1 aromatic rings. The van der Waals surface area contributed by atoms with Crippen molar-refractivity contribution >= 4 is 5.69 Å². The smallest absolute Gasteiger partial charge is 0.0728 e. The number of nitrogens with zero attached hydrogens (tertiary/aromatic N) is 3. The maximum Gasteiger partial charge on any atom is 0.0728 e. The number of hydrogen-bond donors (Lipinski definition) is 1. The van der Waals surface area contributed by atoms with E-state index in [1.54, 1.807) is 0 Å². The molecule has 1 aliphatic heterocycles. The highest BCUT2D eigenvalue weighted by atomic mass is 15.3. The van der Waals surface area contributed by atoms with Crippen LogP contribution in [0.4, 0.5) is 5.69 Å². The summed E-state index contributed by atoms with van der Waals surface area (Å²) < 4.78 is 2.01. The number of hydrogen-bond acceptors (Lipinski definition) is 3. The van der Waals surface area contributed by atoms with Gasteiger partial charge in [0.2, 0.25) is 0 Å². The Morgan fingerprint density at radius 3 is 2.58 bits per heavy atom. The van der Waals surface area contributed by atoms with Crippen molar-refractivity contribution in [2.75, 3.05) is 18.4 Å². The number of rotatable bonds is 4. The first-order chi connectivity index (χ1) is 9.06. The highest BCUT2D eigenvalue weighted by molar-refractivity contribution is 5.39. The van der Waals surface area contributed by atoms with Gasteiger partial charge in [0.15, 0.2) is 0 Å². The lowest BCUT2D eigenvalue weighted by molar-refractivity contribution is 0.230. The van der Waals surface area contributed by atoms with Crippen LogP contribution in [-0.2, 0) is 0 Å². The van der Waals surface area contributed by atoms with E-state index in [1.165, 1.54) is 32.4 Å². The number of anilines is 1. The van der Waals surface area contributed by atoms with E-state index in [1.807, 2.05) is 10.9 Å². The average molecular weight is 264 g/mol. The van der Waals surface area contributed by atoms with E-state index in [9.17, 15) is 0 Å². The van der Waals surface area contributed by atoms with Gasteiger partial charge >= 0.3 is 0 Å². The molecule has 1 unspecified atom stereocenters. The van der Waals surface area contributed by atoms with Crippen molar-refractivity contribution in [1.82, 2.24) is 14.7 Å². The summed E-state index contributed by atoms with van der Waals surface area (Å²) in [5.41, 5.74) is 1.16. The first kappa shape index (κ1) is 14.4. The molecule has 2 heterocycles. The quantitative estimate of drug-likeness (QED) is 0.907. The molecule has 1 aliphatic rings. The van der Waals surface area contributed by atoms with Gasteiger partial charge in [-0.2, -0.15) is 5.10 Å². The minimum atomic E-state index is 0.432. The van der Waals surface area contributed by atoms with Crippen LogP contribution in [0.25, 0.3) is 0 Å². The first-order valence-corrected chi connectivity index (χ1v) is 7.61. The van der Waals surface area contributed by atoms with Crippen LogP contribution in [-0.4, -0.2) is 39.9 Å². The molecular weight excluding hydrogens is 236 g/mol. The fraction of sp³-hybridized carbons (Fsp3) is 0.800. The molecule has 1 fully saturated rings. The highest BCUT2D eigenvalue weighted by Crippen LogP contribution is 2.18. The monoisotopic (exact) mass is 264 g/mol. The maximum absolute atomic E-state index is 4.39. The summed E-state index contributed by atoms with van der Waals surface area (Å²) >= 11 is 0. The molecule has 4 heteroatoms. The van der Waals surface area contributed by atoms with Gasteiger partial charge in [-0.05, 0) is 53.5 Å². The standard InChI is InChI=1S/C15H28N4/c1-12(2)18-8-5-6-14(7-9-18)17-15-10-16-19(11-15)13(3)4/h10-14,17H,5-9H2,1-4H3. The zero-order valence-corrected chi connectivity index (χ0v) is 12.8. The Labute approximate surface area is 117 Å². The molecule has 0 saturated carbocycles. The third kappa shape index (κ3) is 3.96. The second kappa shape index (κ2) is 6.42. The maximum atomic E-state index is 4.39. The predicted octanol–water partition coefficient (Wildman–Crippen LogP) is 3.14. The molecule has 0 aliphatic carbocycles. The molecule has 0 spiro atoms. The molecule has 0 amide bonds. The van der Waals surface area contributed by atoms with Gasteiger partial charge in [0.1, 0.15) is 0 Å². The largest absolute Gasteiger partial charge is 0.380 e. The van der Waals surface area contributed by atoms with Crippen molar-refractivity contribution in [2.24, 2.45) is 0 Å². The lowest BCUT2D eigenvalue weighted by atomic mass is 10.1. The fourth-order valence-corrected chi connectivity index (χ4v) is 2.71. The van der Waals surface area contributed by atoms with Crippen molar-refractivity contribution in [3.63, 3.8) is 0 Å². The predicted molar refractivity (Wildman–Crippen MR) is 80.6 cm³/mol. The van der Waals surface area contributed by atoms with E-state index in [2.05, 4.69) is 49.2 Å². The molecule has 1 saturated heterocycles. The van der Waals surface area contributed by atoms with E-state index < -0.39 is 0 Å². The molecule has 4 nitrogen and oxygen atoms in total. The van der Waals surface area contributed by atoms with Gasteiger partial charge in [-0.3, -0.25) is 4.68 Å². The van der Waals surface area contributed by atoms with E-state index in [0.29, 0.717) is 18.1 Å². The highest BCUT2D eigenvalue weighted by Gasteiger charge is 2.18. The van der Waals surface area contributed by atoms with E-state index in [-0.39, 0.29) is 0 Å². The van der Waals surface area contributed by atoms with Crippen molar-refractivity contribution in [3.05, 3.63) is 12.4 Å². The number of nitrogens with one attached hydrogen (secondary N) is 1. The molecule has 0 bridgehead atoms. The Balaban J connectivity index is 1.88. The van der Waals surface area contributed by atoms with Crippen LogP contribution in [0.2, 0.25) is 0 Å². The number of aromatic nitrogens is 2. The molecule has 2 rings (SSSR count). The van der Waals surface area contributed by atoms with Crippen molar-refractivity contribution in [1.29, 1.82) is 0 Å². The third-order valence-electron chi connectivity index (χ3n) is 3.99. The van der Waals surface area contributed by atoms with Crippen LogP contribution < -0.4 is 5.32 Å². The Morgan fingerprint density at radius 2 is 1.95 bits per heavy atom. The fourth-order valence-electron chi connectivity index (χ4n) is 2.71. The summed E-state index contributed by atoms with van der Waals surface area (Å²) in [5.74, 6) is 0. The zero-order chi connectivity index (χ0) is 13.8. The van der Waals surface area contributed by atoms with Crippen LogP contribution in [0.5, 0.6) is 0 Å². The van der Waals surface area contributed by atoms with Crippen LogP contribution >= 0.6 is 0 Å². The first-order valence-electron chi connectivity index (χ1n) is 7.61. The normalized spacial score (nSPS) is 21.9. The topological polar surface area (TPSA) is 33.1 Å². The molecule has 1 N–H and O–H groups in total. The van der Waals surface area contributed by atoms with Gasteiger partial charge in [-0.25, -0.2) is 0 Å². The molecule has 19 heavy (non-hydrogen) atoms. The SMILES string of the molecule is CC(C)N1CCCC(Nc2cnn(C(C)C)c2)CC1. The third-order valence-corrected chi connectivity index (χ3v) is 3.99. The minimum absolute atomic E-state index is 0.432. The second-order valence-corrected chi connectivity index (χ2v) is 6.20. The van der Waals surface area contributed by atoms with E-state index in [4.69, 9.17) is 0 Å². The van der Waals surface area contributed by atoms with Gasteiger partial charge in [0.25, 0.3) is 0 Å². The lowest BCUT2D eigenvalue weighted by Gasteiger charge is -2.24. The van der Waals surface area contributed by atoms with Gasteiger partial charge in [-0.1, -0.05) is 0 Å². The van der Waals surface area contributed by atoms with Crippen LogP contribution in [0.1, 0.15) is 53.0 Å². The van der Waals surface area contributed by atoms with Crippen LogP contribution in [0.15, 0.2) is 12.4 Å². The lowest BCUT2D eigenvalue weighted by Crippen LogP contribution is -2.32. The van der Waals surface area contributed by atoms with Gasteiger partial charge < -0.3 is 10.2 Å². The molecular formula is C15H28N4. The molecule has 1 atom stereocenters. The molecule has 108 valence electrons. The Hall–Kier alpha value is -1.03. The number of likely N-dealkylation sites (tertiary alicyclic amines) is 1. The average Bonchev–Trinajstić information content (AvgIpc) is 2.68. The summed E-state index contributed by atoms with van der Waals surface area (Å²) in [7, 11) is 0. The minimum Gasteiger partial charge on any atom is -0.380 e.